The second-order valence-electron chi connectivity index (χ2n) is 4.59. The molecule has 116 valence electrons. The molecule has 0 saturated carbocycles. The van der Waals surface area contributed by atoms with Crippen LogP contribution in [-0.2, 0) is 11.2 Å². The maximum atomic E-state index is 13.0. The van der Waals surface area contributed by atoms with Crippen LogP contribution in [-0.4, -0.2) is 19.1 Å². The number of benzene rings is 2. The van der Waals surface area contributed by atoms with Gasteiger partial charge in [0.2, 0.25) is 0 Å². The number of carbonyl (C=O) groups is 1. The molecule has 2 aromatic carbocycles. The monoisotopic (exact) mass is 341 g/mol. The van der Waals surface area contributed by atoms with E-state index in [1.54, 1.807) is 6.07 Å². The minimum atomic E-state index is -0.528. The second-order valence-corrected chi connectivity index (χ2v) is 5.44. The zero-order valence-corrected chi connectivity index (χ0v) is 13.1. The third-order valence-corrected chi connectivity index (χ3v) is 3.41. The van der Waals surface area contributed by atoms with E-state index in [0.29, 0.717) is 23.7 Å². The van der Waals surface area contributed by atoms with Crippen molar-refractivity contribution in [1.29, 1.82) is 0 Å². The molecule has 1 N–H and O–H groups in total. The van der Waals surface area contributed by atoms with Gasteiger partial charge in [-0.1, -0.05) is 35.3 Å². The van der Waals surface area contributed by atoms with Crippen molar-refractivity contribution in [3.63, 3.8) is 0 Å². The molecule has 0 atom stereocenters. The predicted octanol–water partition coefficient (Wildman–Crippen LogP) is 3.87. The number of nitrogens with one attached hydrogen (secondary N) is 1. The molecule has 0 unspecified atom stereocenters. The zero-order valence-electron chi connectivity index (χ0n) is 11.6. The van der Waals surface area contributed by atoms with E-state index < -0.39 is 5.82 Å². The zero-order chi connectivity index (χ0) is 15.9. The highest BCUT2D eigenvalue weighted by Gasteiger charge is 2.05. The molecule has 6 heteroatoms. The third-order valence-electron chi connectivity index (χ3n) is 2.89. The Morgan fingerprint density at radius 3 is 2.73 bits per heavy atom. The second kappa shape index (κ2) is 8.01. The third kappa shape index (κ3) is 5.20. The van der Waals surface area contributed by atoms with Crippen molar-refractivity contribution < 1.29 is 13.9 Å². The summed E-state index contributed by atoms with van der Waals surface area (Å²) in [5.41, 5.74) is 1.04. The van der Waals surface area contributed by atoms with Gasteiger partial charge in [-0.05, 0) is 36.2 Å². The fraction of sp³-hybridized carbons (Fsp3) is 0.188. The van der Waals surface area contributed by atoms with Gasteiger partial charge in [-0.3, -0.25) is 4.79 Å². The van der Waals surface area contributed by atoms with E-state index >= 15 is 0 Å². The number of halogens is 3. The standard InChI is InChI=1S/C16H14Cl2FNO2/c17-12-3-1-2-11(8-12)6-7-20-16(21)10-22-13-4-5-15(19)14(18)9-13/h1-5,8-9H,6-7,10H2,(H,20,21). The van der Waals surface area contributed by atoms with Gasteiger partial charge in [-0.25, -0.2) is 4.39 Å². The van der Waals surface area contributed by atoms with Crippen LogP contribution in [0, 0.1) is 5.82 Å². The SMILES string of the molecule is O=C(COc1ccc(F)c(Cl)c1)NCCc1cccc(Cl)c1. The molecule has 0 aromatic heterocycles. The average molecular weight is 342 g/mol. The molecule has 0 aliphatic heterocycles. The highest BCUT2D eigenvalue weighted by Crippen LogP contribution is 2.20. The topological polar surface area (TPSA) is 38.3 Å². The lowest BCUT2D eigenvalue weighted by molar-refractivity contribution is -0.123. The highest BCUT2D eigenvalue weighted by molar-refractivity contribution is 6.31. The first-order valence-corrected chi connectivity index (χ1v) is 7.39. The van der Waals surface area contributed by atoms with Crippen LogP contribution >= 0.6 is 23.2 Å². The molecule has 0 saturated heterocycles. The van der Waals surface area contributed by atoms with E-state index in [0.717, 1.165) is 5.56 Å². The molecule has 1 amide bonds. The summed E-state index contributed by atoms with van der Waals surface area (Å²) in [6.45, 7) is 0.324. The van der Waals surface area contributed by atoms with Gasteiger partial charge in [-0.15, -0.1) is 0 Å². The van der Waals surface area contributed by atoms with Crippen LogP contribution in [0.15, 0.2) is 42.5 Å². The Morgan fingerprint density at radius 1 is 1.18 bits per heavy atom. The molecule has 0 fully saturated rings. The van der Waals surface area contributed by atoms with Crippen LogP contribution < -0.4 is 10.1 Å². The predicted molar refractivity (Wildman–Crippen MR) is 85.1 cm³/mol. The number of carbonyl (C=O) groups excluding carboxylic acids is 1. The summed E-state index contributed by atoms with van der Waals surface area (Å²) < 4.78 is 18.2. The van der Waals surface area contributed by atoms with E-state index in [-0.39, 0.29) is 17.5 Å². The molecule has 0 spiro atoms. The number of rotatable bonds is 6. The van der Waals surface area contributed by atoms with Gasteiger partial charge in [0.15, 0.2) is 6.61 Å². The average Bonchev–Trinajstić information content (AvgIpc) is 2.48. The number of hydrogen-bond donors (Lipinski definition) is 1. The lowest BCUT2D eigenvalue weighted by Gasteiger charge is -2.08. The quantitative estimate of drug-likeness (QED) is 0.866. The van der Waals surface area contributed by atoms with Gasteiger partial charge in [-0.2, -0.15) is 0 Å². The fourth-order valence-electron chi connectivity index (χ4n) is 1.81. The Balaban J connectivity index is 1.72. The van der Waals surface area contributed by atoms with Gasteiger partial charge in [0.25, 0.3) is 5.91 Å². The van der Waals surface area contributed by atoms with Gasteiger partial charge in [0.1, 0.15) is 11.6 Å². The molecule has 0 heterocycles. The summed E-state index contributed by atoms with van der Waals surface area (Å²) in [6.07, 6.45) is 0.675. The van der Waals surface area contributed by atoms with Crippen molar-refractivity contribution in [1.82, 2.24) is 5.32 Å². The van der Waals surface area contributed by atoms with Gasteiger partial charge >= 0.3 is 0 Å². The largest absolute Gasteiger partial charge is 0.484 e. The Labute approximate surface area is 138 Å². The van der Waals surface area contributed by atoms with Crippen molar-refractivity contribution in [2.45, 2.75) is 6.42 Å². The van der Waals surface area contributed by atoms with E-state index in [1.165, 1.54) is 18.2 Å². The molecule has 0 aliphatic rings. The Kier molecular flexibility index (Phi) is 6.04. The molecular weight excluding hydrogens is 328 g/mol. The molecule has 22 heavy (non-hydrogen) atoms. The summed E-state index contributed by atoms with van der Waals surface area (Å²) in [5.74, 6) is -0.446. The first kappa shape index (κ1) is 16.6. The van der Waals surface area contributed by atoms with Gasteiger partial charge in [0.05, 0.1) is 5.02 Å². The van der Waals surface area contributed by atoms with Crippen molar-refractivity contribution in [2.75, 3.05) is 13.2 Å². The molecule has 2 rings (SSSR count). The van der Waals surface area contributed by atoms with E-state index in [4.69, 9.17) is 27.9 Å². The van der Waals surface area contributed by atoms with Crippen LogP contribution in [0.1, 0.15) is 5.56 Å². The van der Waals surface area contributed by atoms with Gasteiger partial charge in [0, 0.05) is 17.6 Å². The maximum Gasteiger partial charge on any atom is 0.257 e. The highest BCUT2D eigenvalue weighted by atomic mass is 35.5. The molecule has 0 radical (unpaired) electrons. The minimum Gasteiger partial charge on any atom is -0.484 e. The molecular formula is C16H14Cl2FNO2. The first-order chi connectivity index (χ1) is 10.5. The van der Waals surface area contributed by atoms with Crippen molar-refractivity contribution in [3.05, 3.63) is 63.9 Å². The number of amides is 1. The smallest absolute Gasteiger partial charge is 0.257 e. The Hall–Kier alpha value is -1.78. The minimum absolute atomic E-state index is 0.0427. The molecule has 2 aromatic rings. The number of hydrogen-bond acceptors (Lipinski definition) is 2. The summed E-state index contributed by atoms with van der Waals surface area (Å²) in [5, 5.41) is 3.36. The van der Waals surface area contributed by atoms with Crippen LogP contribution in [0.5, 0.6) is 5.75 Å². The van der Waals surface area contributed by atoms with E-state index in [1.807, 2.05) is 18.2 Å². The van der Waals surface area contributed by atoms with Crippen LogP contribution in [0.4, 0.5) is 4.39 Å². The summed E-state index contributed by atoms with van der Waals surface area (Å²) in [7, 11) is 0. The number of ether oxygens (including phenoxy) is 1. The molecule has 0 aliphatic carbocycles. The summed E-state index contributed by atoms with van der Waals surface area (Å²) >= 11 is 11.5. The fourth-order valence-corrected chi connectivity index (χ4v) is 2.19. The molecule has 3 nitrogen and oxygen atoms in total. The lowest BCUT2D eigenvalue weighted by Crippen LogP contribution is -2.30. The van der Waals surface area contributed by atoms with Crippen molar-refractivity contribution >= 4 is 29.1 Å². The van der Waals surface area contributed by atoms with E-state index in [2.05, 4.69) is 5.32 Å². The van der Waals surface area contributed by atoms with Gasteiger partial charge < -0.3 is 10.1 Å². The Morgan fingerprint density at radius 2 is 2.00 bits per heavy atom. The van der Waals surface area contributed by atoms with Crippen molar-refractivity contribution in [3.8, 4) is 5.75 Å². The van der Waals surface area contributed by atoms with Crippen LogP contribution in [0.3, 0.4) is 0 Å². The summed E-state index contributed by atoms with van der Waals surface area (Å²) in [6, 6.07) is 11.4. The normalized spacial score (nSPS) is 10.3. The molecule has 0 bridgehead atoms. The summed E-state index contributed by atoms with van der Waals surface area (Å²) in [4.78, 5) is 11.7. The first-order valence-electron chi connectivity index (χ1n) is 6.63. The van der Waals surface area contributed by atoms with Crippen LogP contribution in [0.25, 0.3) is 0 Å². The van der Waals surface area contributed by atoms with Crippen LogP contribution in [0.2, 0.25) is 10.0 Å². The van der Waals surface area contributed by atoms with Crippen molar-refractivity contribution in [2.24, 2.45) is 0 Å². The van der Waals surface area contributed by atoms with E-state index in [9.17, 15) is 9.18 Å². The maximum absolute atomic E-state index is 13.0. The lowest BCUT2D eigenvalue weighted by atomic mass is 10.1. The Bertz CT molecular complexity index is 664.